The maximum absolute atomic E-state index is 9.24. The summed E-state index contributed by atoms with van der Waals surface area (Å²) in [5.74, 6) is -1.29. The average Bonchev–Trinajstić information content (AvgIpc) is 1.38. The minimum atomic E-state index is -0.980. The van der Waals surface area contributed by atoms with Crippen molar-refractivity contribution in [3.8, 4) is 0 Å². The van der Waals surface area contributed by atoms with E-state index in [1.807, 2.05) is 0 Å². The van der Waals surface area contributed by atoms with Crippen LogP contribution >= 0.6 is 11.6 Å². The van der Waals surface area contributed by atoms with Gasteiger partial charge in [-0.1, -0.05) is 0 Å². The summed E-state index contributed by atoms with van der Waals surface area (Å²) in [4.78, 5) is 9.24. The van der Waals surface area contributed by atoms with Crippen molar-refractivity contribution < 1.29 is 9.90 Å². The van der Waals surface area contributed by atoms with Gasteiger partial charge < -0.3 is 5.11 Å². The second kappa shape index (κ2) is 5.63. The molecule has 0 radical (unpaired) electrons. The van der Waals surface area contributed by atoms with Crippen molar-refractivity contribution in [2.45, 2.75) is 0 Å². The number of halogens is 1. The Balaban J connectivity index is 0. The molecule has 0 aliphatic heterocycles. The van der Waals surface area contributed by atoms with Gasteiger partial charge in [0.05, 0.1) is 0 Å². The van der Waals surface area contributed by atoms with Crippen molar-refractivity contribution in [3.05, 3.63) is 0 Å². The molecule has 36 valence electrons. The van der Waals surface area contributed by atoms with E-state index in [1.54, 1.807) is 0 Å². The van der Waals surface area contributed by atoms with E-state index in [2.05, 4.69) is 0 Å². The van der Waals surface area contributed by atoms with Crippen molar-refractivity contribution in [3.63, 3.8) is 0 Å². The molecule has 0 aromatic heterocycles. The molecule has 0 saturated carbocycles. The Morgan fingerprint density at radius 3 is 2.00 bits per heavy atom. The molecule has 0 rings (SSSR count). The summed E-state index contributed by atoms with van der Waals surface area (Å²) in [5.41, 5.74) is 0. The Labute approximate surface area is 59.3 Å². The van der Waals surface area contributed by atoms with Gasteiger partial charge in [0.1, 0.15) is 5.88 Å². The van der Waals surface area contributed by atoms with Gasteiger partial charge in [-0.25, -0.2) is 0 Å². The van der Waals surface area contributed by atoms with E-state index in [0.29, 0.717) is 0 Å². The first kappa shape index (κ1) is 9.80. The summed E-state index contributed by atoms with van der Waals surface area (Å²) < 4.78 is 0. The Morgan fingerprint density at radius 1 is 1.83 bits per heavy atom. The molecule has 0 spiro atoms. The molecule has 0 heterocycles. The van der Waals surface area contributed by atoms with Crippen molar-refractivity contribution in [1.29, 1.82) is 0 Å². The van der Waals surface area contributed by atoms with Crippen LogP contribution in [-0.2, 0) is 4.79 Å². The van der Waals surface area contributed by atoms with Gasteiger partial charge in [-0.2, -0.15) is 0 Å². The first-order valence-electron chi connectivity index (χ1n) is 1.05. The molecule has 0 aromatic rings. The molecule has 0 fully saturated rings. The molecule has 0 unspecified atom stereocenters. The van der Waals surface area contributed by atoms with Gasteiger partial charge in [0, 0.05) is 0 Å². The zero-order valence-corrected chi connectivity index (χ0v) is 3.20. The van der Waals surface area contributed by atoms with Crippen LogP contribution in [0.15, 0.2) is 0 Å². The maximum atomic E-state index is 9.24. The topological polar surface area (TPSA) is 37.3 Å². The number of hydrogen-bond acceptors (Lipinski definition) is 1. The molecule has 0 aliphatic carbocycles. The van der Waals surface area contributed by atoms with Crippen LogP contribution in [-0.4, -0.2) is 42.8 Å². The Hall–Kier alpha value is 0.630. The van der Waals surface area contributed by atoms with Crippen molar-refractivity contribution in [2.24, 2.45) is 0 Å². The molecule has 2 nitrogen and oxygen atoms in total. The van der Waals surface area contributed by atoms with Gasteiger partial charge in [0.25, 0.3) is 0 Å². The van der Waals surface area contributed by atoms with Crippen LogP contribution in [0.3, 0.4) is 0 Å². The number of aliphatic carboxylic acids is 1. The van der Waals surface area contributed by atoms with Crippen LogP contribution in [0.25, 0.3) is 0 Å². The van der Waals surface area contributed by atoms with Gasteiger partial charge in [-0.3, -0.25) is 4.79 Å². The fraction of sp³-hybridized carbons (Fsp3) is 0.500. The Morgan fingerprint density at radius 2 is 2.00 bits per heavy atom. The first-order valence-corrected chi connectivity index (χ1v) is 1.58. The third kappa shape index (κ3) is 8.82. The van der Waals surface area contributed by atoms with Crippen molar-refractivity contribution in [2.75, 3.05) is 5.88 Å². The molecular weight excluding hydrogens is 206 g/mol. The zero-order chi connectivity index (χ0) is 4.28. The third-order valence-corrected chi connectivity index (χ3v) is 0.343. The summed E-state index contributed by atoms with van der Waals surface area (Å²) >= 11 is 4.74. The predicted molar refractivity (Wildman–Crippen MR) is 28.3 cm³/mol. The van der Waals surface area contributed by atoms with Crippen LogP contribution in [0.5, 0.6) is 0 Å². The SMILES string of the molecule is O=C(O)CCl.[InH3]. The van der Waals surface area contributed by atoms with E-state index in [1.165, 1.54) is 0 Å². The Kier molecular flexibility index (Phi) is 9.20. The molecule has 1 N–H and O–H groups in total. The van der Waals surface area contributed by atoms with Crippen molar-refractivity contribution in [1.82, 2.24) is 0 Å². The second-order valence-corrected chi connectivity index (χ2v) is 0.795. The Bertz CT molecular complexity index is 46.8. The van der Waals surface area contributed by atoms with Crippen LogP contribution < -0.4 is 0 Å². The van der Waals surface area contributed by atoms with Crippen LogP contribution in [0.2, 0.25) is 0 Å². The first-order chi connectivity index (χ1) is 2.27. The van der Waals surface area contributed by atoms with E-state index in [4.69, 9.17) is 16.7 Å². The van der Waals surface area contributed by atoms with Crippen LogP contribution in [0.1, 0.15) is 0 Å². The minimum absolute atomic E-state index is 0. The van der Waals surface area contributed by atoms with Gasteiger partial charge in [-0.15, -0.1) is 11.6 Å². The van der Waals surface area contributed by atoms with Crippen molar-refractivity contribution >= 4 is 43.4 Å². The quantitative estimate of drug-likeness (QED) is 0.574. The fourth-order valence-electron chi connectivity index (χ4n) is 0. The molecule has 0 aliphatic rings. The summed E-state index contributed by atoms with van der Waals surface area (Å²) in [6.45, 7) is 0. The number of carbonyl (C=O) groups is 1. The number of carboxylic acids is 1. The molecule has 6 heavy (non-hydrogen) atoms. The summed E-state index contributed by atoms with van der Waals surface area (Å²) in [7, 11) is 0. The zero-order valence-electron chi connectivity index (χ0n) is 2.44. The summed E-state index contributed by atoms with van der Waals surface area (Å²) in [6, 6.07) is 0. The van der Waals surface area contributed by atoms with Gasteiger partial charge in [0.2, 0.25) is 0 Å². The van der Waals surface area contributed by atoms with Crippen LogP contribution in [0, 0.1) is 0 Å². The van der Waals surface area contributed by atoms with E-state index >= 15 is 0 Å². The second-order valence-electron chi connectivity index (χ2n) is 0.527. The normalized spacial score (nSPS) is 6.17. The van der Waals surface area contributed by atoms with Gasteiger partial charge >= 0.3 is 31.8 Å². The number of hydrogen-bond donors (Lipinski definition) is 1. The molecule has 0 amide bonds. The predicted octanol–water partition coefficient (Wildman–Crippen LogP) is -0.874. The standard InChI is InChI=1S/C2H3ClO2.In.3H/c3-1-2(4)5;;;;/h1H2,(H,4,5);;;;. The average molecular weight is 212 g/mol. The third-order valence-electron chi connectivity index (χ3n) is 0.114. The molecular formula is C2H6ClInO2. The van der Waals surface area contributed by atoms with Gasteiger partial charge in [0.15, 0.2) is 0 Å². The fourth-order valence-corrected chi connectivity index (χ4v) is 0. The van der Waals surface area contributed by atoms with Gasteiger partial charge in [-0.05, 0) is 0 Å². The number of carboxylic acid groups (broad SMARTS) is 1. The summed E-state index contributed by atoms with van der Waals surface area (Å²) in [5, 5.41) is 7.59. The monoisotopic (exact) mass is 212 g/mol. The van der Waals surface area contributed by atoms with E-state index in [-0.39, 0.29) is 31.7 Å². The number of rotatable bonds is 1. The molecule has 4 heteroatoms. The van der Waals surface area contributed by atoms with E-state index in [0.717, 1.165) is 0 Å². The number of alkyl halides is 1. The molecule has 0 bridgehead atoms. The van der Waals surface area contributed by atoms with Crippen LogP contribution in [0.4, 0.5) is 0 Å². The van der Waals surface area contributed by atoms with E-state index in [9.17, 15) is 4.79 Å². The molecule has 0 saturated heterocycles. The molecule has 0 atom stereocenters. The van der Waals surface area contributed by atoms with E-state index < -0.39 is 5.97 Å². The molecule has 0 aromatic carbocycles. The summed E-state index contributed by atoms with van der Waals surface area (Å²) in [6.07, 6.45) is 0.